The van der Waals surface area contributed by atoms with Crippen LogP contribution in [0.1, 0.15) is 55.7 Å². The van der Waals surface area contributed by atoms with Crippen LogP contribution in [0.15, 0.2) is 18.2 Å². The number of ether oxygens (including phenoxy) is 1. The number of rotatable bonds is 5. The zero-order chi connectivity index (χ0) is 14.6. The van der Waals surface area contributed by atoms with Gasteiger partial charge in [0.2, 0.25) is 0 Å². The Morgan fingerprint density at radius 1 is 1.20 bits per heavy atom. The van der Waals surface area contributed by atoms with Crippen LogP contribution in [-0.4, -0.2) is 18.2 Å². The molecule has 112 valence electrons. The van der Waals surface area contributed by atoms with Gasteiger partial charge in [0.05, 0.1) is 5.60 Å². The third kappa shape index (κ3) is 3.42. The van der Waals surface area contributed by atoms with Gasteiger partial charge in [0.15, 0.2) is 0 Å². The van der Waals surface area contributed by atoms with Crippen LogP contribution < -0.4 is 5.73 Å². The molecule has 1 atom stereocenters. The average molecular weight is 275 g/mol. The zero-order valence-electron chi connectivity index (χ0n) is 13.2. The van der Waals surface area contributed by atoms with Crippen LogP contribution in [0.3, 0.4) is 0 Å². The fraction of sp³-hybridized carbons (Fsp3) is 0.667. The van der Waals surface area contributed by atoms with Gasteiger partial charge in [-0.2, -0.15) is 0 Å². The van der Waals surface area contributed by atoms with Crippen molar-refractivity contribution in [2.24, 2.45) is 5.73 Å². The minimum absolute atomic E-state index is 0.0941. The fourth-order valence-electron chi connectivity index (χ4n) is 3.50. The Kier molecular flexibility index (Phi) is 5.22. The minimum atomic E-state index is -0.0941. The zero-order valence-corrected chi connectivity index (χ0v) is 13.2. The molecular weight excluding hydrogens is 246 g/mol. The second-order valence-corrected chi connectivity index (χ2v) is 6.30. The van der Waals surface area contributed by atoms with E-state index < -0.39 is 0 Å². The van der Waals surface area contributed by atoms with Crippen LogP contribution in [-0.2, 0) is 11.2 Å². The Hall–Kier alpha value is -0.860. The third-order valence-electron chi connectivity index (χ3n) is 4.75. The largest absolute Gasteiger partial charge is 0.374 e. The van der Waals surface area contributed by atoms with Crippen LogP contribution in [0, 0.1) is 13.8 Å². The first-order valence-corrected chi connectivity index (χ1v) is 8.03. The fourth-order valence-corrected chi connectivity index (χ4v) is 3.50. The highest BCUT2D eigenvalue weighted by Crippen LogP contribution is 2.35. The van der Waals surface area contributed by atoms with Crippen molar-refractivity contribution in [3.63, 3.8) is 0 Å². The number of hydrogen-bond donors (Lipinski definition) is 1. The Morgan fingerprint density at radius 3 is 2.55 bits per heavy atom. The standard InChI is InChI=1S/C18H29NO/c1-4-20-18(10-6-5-7-11-18)17(19)13-16-12-14(2)8-9-15(16)3/h8-9,12,17H,4-7,10-11,13,19H2,1-3H3. The normalized spacial score (nSPS) is 19.8. The first-order chi connectivity index (χ1) is 9.57. The maximum Gasteiger partial charge on any atom is 0.0835 e. The second-order valence-electron chi connectivity index (χ2n) is 6.30. The van der Waals surface area contributed by atoms with E-state index in [2.05, 4.69) is 39.0 Å². The molecule has 2 heteroatoms. The smallest absolute Gasteiger partial charge is 0.0835 e. The van der Waals surface area contributed by atoms with Gasteiger partial charge in [-0.15, -0.1) is 0 Å². The van der Waals surface area contributed by atoms with E-state index in [1.54, 1.807) is 0 Å². The summed E-state index contributed by atoms with van der Waals surface area (Å²) in [5, 5.41) is 0. The maximum absolute atomic E-state index is 6.60. The van der Waals surface area contributed by atoms with Crippen molar-refractivity contribution in [1.82, 2.24) is 0 Å². The molecule has 0 spiro atoms. The summed E-state index contributed by atoms with van der Waals surface area (Å²) >= 11 is 0. The van der Waals surface area contributed by atoms with Crippen LogP contribution in [0.25, 0.3) is 0 Å². The summed E-state index contributed by atoms with van der Waals surface area (Å²) in [6.45, 7) is 7.17. The van der Waals surface area contributed by atoms with E-state index in [0.717, 1.165) is 25.9 Å². The van der Waals surface area contributed by atoms with Gasteiger partial charge >= 0.3 is 0 Å². The molecule has 2 N–H and O–H groups in total. The monoisotopic (exact) mass is 275 g/mol. The van der Waals surface area contributed by atoms with Gasteiger partial charge in [-0.1, -0.05) is 43.0 Å². The summed E-state index contributed by atoms with van der Waals surface area (Å²) < 4.78 is 6.15. The lowest BCUT2D eigenvalue weighted by atomic mass is 9.77. The lowest BCUT2D eigenvalue weighted by Crippen LogP contribution is -2.52. The molecule has 2 nitrogen and oxygen atoms in total. The molecule has 20 heavy (non-hydrogen) atoms. The van der Waals surface area contributed by atoms with E-state index in [1.807, 2.05) is 0 Å². The second kappa shape index (κ2) is 6.73. The lowest BCUT2D eigenvalue weighted by molar-refractivity contribution is -0.0817. The Bertz CT molecular complexity index is 430. The molecule has 1 aliphatic rings. The molecule has 1 aromatic rings. The number of aryl methyl sites for hydroxylation is 2. The SMILES string of the molecule is CCOC1(C(N)Cc2cc(C)ccc2C)CCCCC1. The Balaban J connectivity index is 2.15. The lowest BCUT2D eigenvalue weighted by Gasteiger charge is -2.42. The molecule has 1 aliphatic carbocycles. The van der Waals surface area contributed by atoms with Gasteiger partial charge in [0.1, 0.15) is 0 Å². The summed E-state index contributed by atoms with van der Waals surface area (Å²) in [5.41, 5.74) is 10.5. The maximum atomic E-state index is 6.60. The number of nitrogens with two attached hydrogens (primary N) is 1. The van der Waals surface area contributed by atoms with Gasteiger partial charge in [-0.3, -0.25) is 0 Å². The number of benzene rings is 1. The molecule has 1 aromatic carbocycles. The Labute approximate surface area is 123 Å². The van der Waals surface area contributed by atoms with Crippen molar-refractivity contribution < 1.29 is 4.74 Å². The van der Waals surface area contributed by atoms with Crippen molar-refractivity contribution in [3.05, 3.63) is 34.9 Å². The molecule has 1 unspecified atom stereocenters. The summed E-state index contributed by atoms with van der Waals surface area (Å²) in [4.78, 5) is 0. The molecule has 0 heterocycles. The van der Waals surface area contributed by atoms with Crippen molar-refractivity contribution in [3.8, 4) is 0 Å². The van der Waals surface area contributed by atoms with Gasteiger partial charge in [-0.05, 0) is 51.2 Å². The highest BCUT2D eigenvalue weighted by molar-refractivity contribution is 5.31. The summed E-state index contributed by atoms with van der Waals surface area (Å²) in [5.74, 6) is 0. The van der Waals surface area contributed by atoms with Gasteiger partial charge in [0, 0.05) is 12.6 Å². The van der Waals surface area contributed by atoms with E-state index >= 15 is 0 Å². The van der Waals surface area contributed by atoms with Crippen LogP contribution in [0.5, 0.6) is 0 Å². The van der Waals surface area contributed by atoms with Gasteiger partial charge in [-0.25, -0.2) is 0 Å². The van der Waals surface area contributed by atoms with Crippen LogP contribution in [0.4, 0.5) is 0 Å². The highest BCUT2D eigenvalue weighted by Gasteiger charge is 2.38. The van der Waals surface area contributed by atoms with Crippen molar-refractivity contribution in [2.45, 2.75) is 70.9 Å². The van der Waals surface area contributed by atoms with Crippen LogP contribution in [0.2, 0.25) is 0 Å². The highest BCUT2D eigenvalue weighted by atomic mass is 16.5. The molecule has 0 saturated heterocycles. The van der Waals surface area contributed by atoms with Crippen LogP contribution >= 0.6 is 0 Å². The molecule has 1 fully saturated rings. The summed E-state index contributed by atoms with van der Waals surface area (Å²) in [6.07, 6.45) is 6.99. The van der Waals surface area contributed by atoms with Crippen molar-refractivity contribution >= 4 is 0 Å². The third-order valence-corrected chi connectivity index (χ3v) is 4.75. The molecular formula is C18H29NO. The molecule has 1 saturated carbocycles. The van der Waals surface area contributed by atoms with E-state index in [4.69, 9.17) is 10.5 Å². The van der Waals surface area contributed by atoms with Gasteiger partial charge < -0.3 is 10.5 Å². The molecule has 0 aliphatic heterocycles. The van der Waals surface area contributed by atoms with Crippen molar-refractivity contribution in [1.29, 1.82) is 0 Å². The minimum Gasteiger partial charge on any atom is -0.374 e. The summed E-state index contributed by atoms with van der Waals surface area (Å²) in [7, 11) is 0. The van der Waals surface area contributed by atoms with Gasteiger partial charge in [0.25, 0.3) is 0 Å². The predicted octanol–water partition coefficient (Wildman–Crippen LogP) is 3.91. The predicted molar refractivity (Wildman–Crippen MR) is 85.0 cm³/mol. The molecule has 0 bridgehead atoms. The first kappa shape index (κ1) is 15.5. The first-order valence-electron chi connectivity index (χ1n) is 8.03. The number of hydrogen-bond acceptors (Lipinski definition) is 2. The van der Waals surface area contributed by atoms with E-state index in [1.165, 1.54) is 36.0 Å². The molecule has 2 rings (SSSR count). The average Bonchev–Trinajstić information content (AvgIpc) is 2.44. The van der Waals surface area contributed by atoms with E-state index in [-0.39, 0.29) is 11.6 Å². The molecule has 0 amide bonds. The quantitative estimate of drug-likeness (QED) is 0.884. The Morgan fingerprint density at radius 2 is 1.90 bits per heavy atom. The van der Waals surface area contributed by atoms with E-state index in [0.29, 0.717) is 0 Å². The van der Waals surface area contributed by atoms with E-state index in [9.17, 15) is 0 Å². The van der Waals surface area contributed by atoms with Crippen molar-refractivity contribution in [2.75, 3.05) is 6.61 Å². The summed E-state index contributed by atoms with van der Waals surface area (Å²) in [6, 6.07) is 6.75. The molecule has 0 aromatic heterocycles. The topological polar surface area (TPSA) is 35.2 Å². The molecule has 0 radical (unpaired) electrons.